The Morgan fingerprint density at radius 1 is 1.38 bits per heavy atom. The molecular weight excluding hydrogens is 314 g/mol. The van der Waals surface area contributed by atoms with Crippen molar-refractivity contribution < 1.29 is 19.1 Å². The van der Waals surface area contributed by atoms with E-state index >= 15 is 0 Å². The van der Waals surface area contributed by atoms with Crippen LogP contribution in [0.3, 0.4) is 0 Å². The van der Waals surface area contributed by atoms with Gasteiger partial charge in [0.25, 0.3) is 5.91 Å². The van der Waals surface area contributed by atoms with E-state index < -0.39 is 6.09 Å². The molecule has 128 valence electrons. The Balaban J connectivity index is 1.41. The summed E-state index contributed by atoms with van der Waals surface area (Å²) >= 11 is 0. The molecule has 3 N–H and O–H groups in total. The molecule has 2 atom stereocenters. The number of anilines is 2. The van der Waals surface area contributed by atoms with E-state index in [-0.39, 0.29) is 18.6 Å². The molecule has 9 heteroatoms. The van der Waals surface area contributed by atoms with Crippen LogP contribution in [0.25, 0.3) is 0 Å². The molecule has 1 aromatic rings. The minimum Gasteiger partial charge on any atom is -0.480 e. The minimum absolute atomic E-state index is 0.0243. The molecule has 4 heterocycles. The maximum absolute atomic E-state index is 12.1. The Bertz CT molecular complexity index is 661. The highest BCUT2D eigenvalue weighted by Crippen LogP contribution is 2.29. The highest BCUT2D eigenvalue weighted by atomic mass is 16.6. The number of cyclic esters (lactones) is 1. The van der Waals surface area contributed by atoms with Gasteiger partial charge in [0, 0.05) is 19.1 Å². The molecule has 0 saturated carbocycles. The van der Waals surface area contributed by atoms with Gasteiger partial charge in [-0.3, -0.25) is 9.69 Å². The number of nitrogens with zero attached hydrogens (tertiary/aromatic N) is 2. The van der Waals surface area contributed by atoms with Crippen LogP contribution in [0.5, 0.6) is 5.75 Å². The van der Waals surface area contributed by atoms with E-state index in [4.69, 9.17) is 9.47 Å². The molecule has 9 nitrogen and oxygen atoms in total. The molecule has 2 fully saturated rings. The lowest BCUT2D eigenvalue weighted by atomic mass is 10.2. The van der Waals surface area contributed by atoms with Gasteiger partial charge in [-0.1, -0.05) is 0 Å². The normalized spacial score (nSPS) is 25.9. The number of hydrogen-bond acceptors (Lipinski definition) is 7. The zero-order chi connectivity index (χ0) is 16.5. The van der Waals surface area contributed by atoms with Gasteiger partial charge in [-0.15, -0.1) is 0 Å². The first-order chi connectivity index (χ1) is 11.7. The molecule has 0 spiro atoms. The van der Waals surface area contributed by atoms with E-state index in [2.05, 4.69) is 20.9 Å². The van der Waals surface area contributed by atoms with E-state index in [9.17, 15) is 9.59 Å². The third-order valence-corrected chi connectivity index (χ3v) is 4.31. The van der Waals surface area contributed by atoms with E-state index in [0.29, 0.717) is 36.5 Å². The summed E-state index contributed by atoms with van der Waals surface area (Å²) in [5.74, 6) is 1.01. The number of amides is 2. The monoisotopic (exact) mass is 333 g/mol. The molecule has 4 rings (SSSR count). The van der Waals surface area contributed by atoms with E-state index in [0.717, 1.165) is 19.5 Å². The SMILES string of the molecule is O=C1COc2ccc(N3C[C@H](CNC4CCNC4)OC3=O)nc2N1. The summed E-state index contributed by atoms with van der Waals surface area (Å²) in [6, 6.07) is 3.81. The summed E-state index contributed by atoms with van der Waals surface area (Å²) in [4.78, 5) is 29.3. The van der Waals surface area contributed by atoms with Crippen molar-refractivity contribution in [1.29, 1.82) is 0 Å². The molecule has 0 aromatic carbocycles. The topological polar surface area (TPSA) is 105 Å². The van der Waals surface area contributed by atoms with Crippen LogP contribution in [-0.4, -0.2) is 61.9 Å². The molecule has 1 aromatic heterocycles. The maximum atomic E-state index is 12.1. The van der Waals surface area contributed by atoms with Crippen LogP contribution in [0.1, 0.15) is 6.42 Å². The number of carbonyl (C=O) groups is 2. The second-order valence-corrected chi connectivity index (χ2v) is 6.07. The van der Waals surface area contributed by atoms with Gasteiger partial charge in [0.1, 0.15) is 11.9 Å². The van der Waals surface area contributed by atoms with Gasteiger partial charge in [-0.05, 0) is 25.1 Å². The van der Waals surface area contributed by atoms with Crippen molar-refractivity contribution in [3.8, 4) is 5.75 Å². The van der Waals surface area contributed by atoms with Gasteiger partial charge >= 0.3 is 6.09 Å². The van der Waals surface area contributed by atoms with Crippen LogP contribution in [0, 0.1) is 0 Å². The quantitative estimate of drug-likeness (QED) is 0.694. The second-order valence-electron chi connectivity index (χ2n) is 6.07. The zero-order valence-electron chi connectivity index (χ0n) is 13.1. The maximum Gasteiger partial charge on any atom is 0.416 e. The van der Waals surface area contributed by atoms with Gasteiger partial charge < -0.3 is 25.4 Å². The van der Waals surface area contributed by atoms with Crippen molar-refractivity contribution in [3.63, 3.8) is 0 Å². The molecule has 2 saturated heterocycles. The Kier molecular flexibility index (Phi) is 3.95. The van der Waals surface area contributed by atoms with Gasteiger partial charge in [0.15, 0.2) is 18.2 Å². The van der Waals surface area contributed by atoms with Crippen molar-refractivity contribution in [2.24, 2.45) is 0 Å². The van der Waals surface area contributed by atoms with Crippen molar-refractivity contribution in [2.45, 2.75) is 18.6 Å². The number of hydrogen-bond donors (Lipinski definition) is 3. The molecule has 24 heavy (non-hydrogen) atoms. The fourth-order valence-electron chi connectivity index (χ4n) is 3.05. The summed E-state index contributed by atoms with van der Waals surface area (Å²) in [5, 5.41) is 9.33. The zero-order valence-corrected chi connectivity index (χ0v) is 13.1. The second kappa shape index (κ2) is 6.25. The summed E-state index contributed by atoms with van der Waals surface area (Å²) < 4.78 is 10.7. The number of ether oxygens (including phenoxy) is 2. The van der Waals surface area contributed by atoms with Crippen molar-refractivity contribution >= 4 is 23.6 Å². The van der Waals surface area contributed by atoms with Gasteiger partial charge in [0.2, 0.25) is 0 Å². The van der Waals surface area contributed by atoms with Crippen LogP contribution in [-0.2, 0) is 9.53 Å². The molecule has 2 amide bonds. The molecule has 0 bridgehead atoms. The van der Waals surface area contributed by atoms with Crippen LogP contribution in [0.15, 0.2) is 12.1 Å². The summed E-state index contributed by atoms with van der Waals surface area (Å²) in [7, 11) is 0. The predicted octanol–water partition coefficient (Wildman–Crippen LogP) is -0.311. The van der Waals surface area contributed by atoms with Crippen LogP contribution >= 0.6 is 0 Å². The Morgan fingerprint density at radius 3 is 3.12 bits per heavy atom. The average Bonchev–Trinajstić information content (AvgIpc) is 3.21. The largest absolute Gasteiger partial charge is 0.480 e. The Hall–Kier alpha value is -2.39. The first kappa shape index (κ1) is 15.2. The summed E-state index contributed by atoms with van der Waals surface area (Å²) in [6.07, 6.45) is 0.430. The number of fused-ring (bicyclic) bond motifs is 1. The standard InChI is InChI=1S/C15H19N5O4/c21-13-8-23-11-1-2-12(18-14(11)19-13)20-7-10(24-15(20)22)6-17-9-3-4-16-5-9/h1-2,9-10,16-17H,3-8H2,(H,18,19,21)/t9?,10-/m0/s1. The van der Waals surface area contributed by atoms with Crippen molar-refractivity contribution in [3.05, 3.63) is 12.1 Å². The van der Waals surface area contributed by atoms with Crippen LogP contribution in [0.4, 0.5) is 16.4 Å². The first-order valence-corrected chi connectivity index (χ1v) is 8.05. The molecule has 3 aliphatic heterocycles. The van der Waals surface area contributed by atoms with E-state index in [1.807, 2.05) is 0 Å². The minimum atomic E-state index is -0.429. The average molecular weight is 333 g/mol. The molecule has 0 radical (unpaired) electrons. The fourth-order valence-corrected chi connectivity index (χ4v) is 3.05. The molecule has 1 unspecified atom stereocenters. The lowest BCUT2D eigenvalue weighted by molar-refractivity contribution is -0.118. The van der Waals surface area contributed by atoms with Crippen LogP contribution in [0.2, 0.25) is 0 Å². The number of carbonyl (C=O) groups excluding carboxylic acids is 2. The summed E-state index contributed by atoms with van der Waals surface area (Å²) in [6.45, 7) is 2.97. The molecule has 3 aliphatic rings. The van der Waals surface area contributed by atoms with Gasteiger partial charge in [-0.2, -0.15) is 0 Å². The fraction of sp³-hybridized carbons (Fsp3) is 0.533. The number of nitrogens with one attached hydrogen (secondary N) is 3. The highest BCUT2D eigenvalue weighted by Gasteiger charge is 2.34. The third kappa shape index (κ3) is 3.00. The third-order valence-electron chi connectivity index (χ3n) is 4.31. The Labute approximate surface area is 138 Å². The van der Waals surface area contributed by atoms with Crippen molar-refractivity contribution in [1.82, 2.24) is 15.6 Å². The smallest absolute Gasteiger partial charge is 0.416 e. The van der Waals surface area contributed by atoms with E-state index in [1.54, 1.807) is 12.1 Å². The lowest BCUT2D eigenvalue weighted by Gasteiger charge is -2.19. The predicted molar refractivity (Wildman–Crippen MR) is 85.3 cm³/mol. The van der Waals surface area contributed by atoms with Gasteiger partial charge in [0.05, 0.1) is 6.54 Å². The number of aromatic nitrogens is 1. The van der Waals surface area contributed by atoms with Crippen molar-refractivity contribution in [2.75, 3.05) is 43.0 Å². The molecular formula is C15H19N5O4. The van der Waals surface area contributed by atoms with Crippen LogP contribution < -0.4 is 25.6 Å². The number of pyridine rings is 1. The Morgan fingerprint density at radius 2 is 2.29 bits per heavy atom. The van der Waals surface area contributed by atoms with Gasteiger partial charge in [-0.25, -0.2) is 9.78 Å². The lowest BCUT2D eigenvalue weighted by Crippen LogP contribution is -2.38. The van der Waals surface area contributed by atoms with E-state index in [1.165, 1.54) is 4.90 Å². The highest BCUT2D eigenvalue weighted by molar-refractivity contribution is 5.95. The molecule has 0 aliphatic carbocycles. The summed E-state index contributed by atoms with van der Waals surface area (Å²) in [5.41, 5.74) is 0. The first-order valence-electron chi connectivity index (χ1n) is 8.05. The number of rotatable bonds is 4.